The Bertz CT molecular complexity index is 719. The van der Waals surface area contributed by atoms with Crippen molar-refractivity contribution in [2.45, 2.75) is 46.0 Å². The first-order valence-corrected chi connectivity index (χ1v) is 9.16. The second kappa shape index (κ2) is 8.10. The van der Waals surface area contributed by atoms with E-state index in [0.717, 1.165) is 38.0 Å². The summed E-state index contributed by atoms with van der Waals surface area (Å²) < 4.78 is 0. The lowest BCUT2D eigenvalue weighted by Gasteiger charge is -2.20. The minimum absolute atomic E-state index is 0.0109. The molecule has 1 aliphatic heterocycles. The maximum atomic E-state index is 12.8. The summed E-state index contributed by atoms with van der Waals surface area (Å²) in [6.07, 6.45) is 5.57. The molecule has 0 radical (unpaired) electrons. The summed E-state index contributed by atoms with van der Waals surface area (Å²) in [7, 11) is 0. The maximum absolute atomic E-state index is 12.8. The highest BCUT2D eigenvalue weighted by Crippen LogP contribution is 2.18. The monoisotopic (exact) mass is 338 g/mol. The van der Waals surface area contributed by atoms with Crippen molar-refractivity contribution in [3.05, 3.63) is 47.4 Å². The van der Waals surface area contributed by atoms with Crippen LogP contribution in [0.1, 0.15) is 54.5 Å². The summed E-state index contributed by atoms with van der Waals surface area (Å²) in [5.41, 5.74) is 2.73. The molecule has 132 valence electrons. The van der Waals surface area contributed by atoms with Gasteiger partial charge in [-0.05, 0) is 43.9 Å². The lowest BCUT2D eigenvalue weighted by molar-refractivity contribution is 0.0755. The van der Waals surface area contributed by atoms with Crippen molar-refractivity contribution in [2.24, 2.45) is 0 Å². The average Bonchev–Trinajstić information content (AvgIpc) is 2.90. The molecule has 1 aromatic carbocycles. The average molecular weight is 338 g/mol. The van der Waals surface area contributed by atoms with Crippen molar-refractivity contribution in [1.29, 1.82) is 0 Å². The predicted molar refractivity (Wildman–Crippen MR) is 100 cm³/mol. The van der Waals surface area contributed by atoms with Gasteiger partial charge in [-0.25, -0.2) is 9.97 Å². The lowest BCUT2D eigenvalue weighted by atomic mass is 10.1. The highest BCUT2D eigenvalue weighted by molar-refractivity contribution is 5.93. The first kappa shape index (κ1) is 17.4. The van der Waals surface area contributed by atoms with Gasteiger partial charge in [-0.2, -0.15) is 0 Å². The van der Waals surface area contributed by atoms with Gasteiger partial charge in [0.2, 0.25) is 0 Å². The molecule has 0 atom stereocenters. The first-order valence-electron chi connectivity index (χ1n) is 9.16. The van der Waals surface area contributed by atoms with Crippen LogP contribution in [0.15, 0.2) is 30.3 Å². The van der Waals surface area contributed by atoms with E-state index < -0.39 is 0 Å². The minimum Gasteiger partial charge on any atom is -0.340 e. The molecule has 2 aromatic rings. The van der Waals surface area contributed by atoms with Gasteiger partial charge in [-0.1, -0.05) is 31.9 Å². The Balaban J connectivity index is 1.78. The molecule has 2 heterocycles. The fourth-order valence-corrected chi connectivity index (χ4v) is 3.15. The Morgan fingerprint density at radius 1 is 1.08 bits per heavy atom. The van der Waals surface area contributed by atoms with Gasteiger partial charge in [0.25, 0.3) is 5.91 Å². The topological polar surface area (TPSA) is 58.1 Å². The van der Waals surface area contributed by atoms with E-state index in [1.165, 1.54) is 18.4 Å². The van der Waals surface area contributed by atoms with Crippen LogP contribution in [0, 0.1) is 6.92 Å². The standard InChI is InChI=1S/C20H26N4O/c1-3-16-8-10-17(11-9-16)23-19-14-18(21-15(2)22-19)20(25)24-12-6-4-5-7-13-24/h8-11,14H,3-7,12-13H2,1-2H3,(H,21,22,23). The molecule has 0 unspecified atom stereocenters. The van der Waals surface area contributed by atoms with Crippen LogP contribution >= 0.6 is 0 Å². The Morgan fingerprint density at radius 3 is 2.40 bits per heavy atom. The van der Waals surface area contributed by atoms with E-state index in [-0.39, 0.29) is 5.91 Å². The molecule has 3 rings (SSSR count). The van der Waals surface area contributed by atoms with E-state index in [9.17, 15) is 4.79 Å². The van der Waals surface area contributed by atoms with Crippen molar-refractivity contribution >= 4 is 17.4 Å². The fourth-order valence-electron chi connectivity index (χ4n) is 3.15. The van der Waals surface area contributed by atoms with Crippen molar-refractivity contribution in [1.82, 2.24) is 14.9 Å². The molecular formula is C20H26N4O. The Morgan fingerprint density at radius 2 is 1.76 bits per heavy atom. The number of likely N-dealkylation sites (tertiary alicyclic amines) is 1. The highest BCUT2D eigenvalue weighted by atomic mass is 16.2. The van der Waals surface area contributed by atoms with Crippen LogP contribution in [-0.2, 0) is 6.42 Å². The molecule has 0 bridgehead atoms. The molecule has 1 fully saturated rings. The number of rotatable bonds is 4. The van der Waals surface area contributed by atoms with Gasteiger partial charge in [0.15, 0.2) is 0 Å². The SMILES string of the molecule is CCc1ccc(Nc2cc(C(=O)N3CCCCCC3)nc(C)n2)cc1. The van der Waals surface area contributed by atoms with Gasteiger partial charge in [0.1, 0.15) is 17.3 Å². The van der Waals surface area contributed by atoms with Gasteiger partial charge in [-0.3, -0.25) is 4.79 Å². The molecular weight excluding hydrogens is 312 g/mol. The molecule has 1 saturated heterocycles. The smallest absolute Gasteiger partial charge is 0.272 e. The molecule has 0 aliphatic carbocycles. The predicted octanol–water partition coefficient (Wildman–Crippen LogP) is 4.11. The zero-order chi connectivity index (χ0) is 17.6. The van der Waals surface area contributed by atoms with E-state index in [1.807, 2.05) is 24.0 Å². The normalized spacial score (nSPS) is 14.9. The van der Waals surface area contributed by atoms with Gasteiger partial charge in [0.05, 0.1) is 0 Å². The molecule has 25 heavy (non-hydrogen) atoms. The molecule has 1 aliphatic rings. The third-order valence-electron chi connectivity index (χ3n) is 4.58. The largest absolute Gasteiger partial charge is 0.340 e. The van der Waals surface area contributed by atoms with Crippen LogP contribution in [-0.4, -0.2) is 33.9 Å². The van der Waals surface area contributed by atoms with Crippen LogP contribution in [0.25, 0.3) is 0 Å². The van der Waals surface area contributed by atoms with Crippen molar-refractivity contribution in [3.63, 3.8) is 0 Å². The number of carbonyl (C=O) groups is 1. The third-order valence-corrected chi connectivity index (χ3v) is 4.58. The molecule has 0 spiro atoms. The van der Waals surface area contributed by atoms with Gasteiger partial charge < -0.3 is 10.2 Å². The van der Waals surface area contributed by atoms with E-state index in [0.29, 0.717) is 17.3 Å². The summed E-state index contributed by atoms with van der Waals surface area (Å²) in [6.45, 7) is 5.60. The second-order valence-corrected chi connectivity index (χ2v) is 6.57. The van der Waals surface area contributed by atoms with Crippen molar-refractivity contribution in [3.8, 4) is 0 Å². The van der Waals surface area contributed by atoms with Crippen LogP contribution in [0.3, 0.4) is 0 Å². The summed E-state index contributed by atoms with van der Waals surface area (Å²) in [5.74, 6) is 1.28. The quantitative estimate of drug-likeness (QED) is 0.911. The molecule has 5 nitrogen and oxygen atoms in total. The van der Waals surface area contributed by atoms with E-state index >= 15 is 0 Å². The number of aromatic nitrogens is 2. The summed E-state index contributed by atoms with van der Waals surface area (Å²) in [5, 5.41) is 3.28. The summed E-state index contributed by atoms with van der Waals surface area (Å²) in [4.78, 5) is 23.5. The van der Waals surface area contributed by atoms with Crippen LogP contribution in [0.2, 0.25) is 0 Å². The number of amides is 1. The molecule has 1 N–H and O–H groups in total. The van der Waals surface area contributed by atoms with Crippen LogP contribution < -0.4 is 5.32 Å². The molecule has 0 saturated carbocycles. The number of nitrogens with one attached hydrogen (secondary N) is 1. The van der Waals surface area contributed by atoms with Gasteiger partial charge >= 0.3 is 0 Å². The first-order chi connectivity index (χ1) is 12.2. The summed E-state index contributed by atoms with van der Waals surface area (Å²) in [6, 6.07) is 10.0. The number of aryl methyl sites for hydroxylation is 2. The lowest BCUT2D eigenvalue weighted by Crippen LogP contribution is -2.32. The molecule has 5 heteroatoms. The maximum Gasteiger partial charge on any atom is 0.272 e. The third kappa shape index (κ3) is 4.56. The van der Waals surface area contributed by atoms with E-state index in [2.05, 4.69) is 34.3 Å². The van der Waals surface area contributed by atoms with Gasteiger partial charge in [-0.15, -0.1) is 0 Å². The zero-order valence-electron chi connectivity index (χ0n) is 15.1. The van der Waals surface area contributed by atoms with Gasteiger partial charge in [0, 0.05) is 24.8 Å². The van der Waals surface area contributed by atoms with Crippen LogP contribution in [0.4, 0.5) is 11.5 Å². The number of hydrogen-bond acceptors (Lipinski definition) is 4. The number of hydrogen-bond donors (Lipinski definition) is 1. The Kier molecular flexibility index (Phi) is 5.64. The summed E-state index contributed by atoms with van der Waals surface area (Å²) >= 11 is 0. The second-order valence-electron chi connectivity index (χ2n) is 6.57. The minimum atomic E-state index is 0.0109. The van der Waals surface area contributed by atoms with E-state index in [1.54, 1.807) is 6.07 Å². The highest BCUT2D eigenvalue weighted by Gasteiger charge is 2.19. The Hall–Kier alpha value is -2.43. The number of carbonyl (C=O) groups excluding carboxylic acids is 1. The number of benzene rings is 1. The van der Waals surface area contributed by atoms with E-state index in [4.69, 9.17) is 0 Å². The Labute approximate surface area is 149 Å². The van der Waals surface area contributed by atoms with Crippen molar-refractivity contribution < 1.29 is 4.79 Å². The number of anilines is 2. The zero-order valence-corrected chi connectivity index (χ0v) is 15.1. The molecule has 1 aromatic heterocycles. The van der Waals surface area contributed by atoms with Crippen molar-refractivity contribution in [2.75, 3.05) is 18.4 Å². The van der Waals surface area contributed by atoms with Crippen LogP contribution in [0.5, 0.6) is 0 Å². The molecule has 1 amide bonds. The number of nitrogens with zero attached hydrogens (tertiary/aromatic N) is 3. The fraction of sp³-hybridized carbons (Fsp3) is 0.450.